The van der Waals surface area contributed by atoms with Crippen LogP contribution in [0.5, 0.6) is 5.75 Å². The summed E-state index contributed by atoms with van der Waals surface area (Å²) < 4.78 is 5.11. The maximum Gasteiger partial charge on any atom is 0.253 e. The van der Waals surface area contributed by atoms with Gasteiger partial charge in [-0.05, 0) is 31.0 Å². The van der Waals surface area contributed by atoms with Crippen LogP contribution in [0.4, 0.5) is 5.69 Å². The number of benzene rings is 1. The lowest BCUT2D eigenvalue weighted by Gasteiger charge is -2.30. The first-order valence-electron chi connectivity index (χ1n) is 6.55. The molecule has 0 radical (unpaired) electrons. The molecule has 0 spiro atoms. The van der Waals surface area contributed by atoms with Crippen molar-refractivity contribution in [2.75, 3.05) is 25.9 Å². The summed E-state index contributed by atoms with van der Waals surface area (Å²) in [4.78, 5) is 25.2. The molecule has 108 valence electrons. The summed E-state index contributed by atoms with van der Waals surface area (Å²) in [5, 5.41) is 0. The number of likely N-dealkylation sites (tertiary alicyclic amines) is 1. The fourth-order valence-corrected chi connectivity index (χ4v) is 2.39. The highest BCUT2D eigenvalue weighted by atomic mass is 16.5. The van der Waals surface area contributed by atoms with Crippen LogP contribution in [0.1, 0.15) is 23.2 Å². The second-order valence-electron chi connectivity index (χ2n) is 4.93. The van der Waals surface area contributed by atoms with E-state index < -0.39 is 0 Å². The Balaban J connectivity index is 2.07. The predicted molar refractivity (Wildman–Crippen MR) is 75.2 cm³/mol. The van der Waals surface area contributed by atoms with Crippen molar-refractivity contribution in [1.29, 1.82) is 0 Å². The first-order chi connectivity index (χ1) is 9.52. The Kier molecular flexibility index (Phi) is 4.12. The summed E-state index contributed by atoms with van der Waals surface area (Å²) in [6, 6.07) is 4.97. The average Bonchev–Trinajstić information content (AvgIpc) is 2.47. The highest BCUT2D eigenvalue weighted by molar-refractivity contribution is 5.95. The third kappa shape index (κ3) is 2.84. The Morgan fingerprint density at radius 3 is 2.50 bits per heavy atom. The van der Waals surface area contributed by atoms with E-state index in [2.05, 4.69) is 0 Å². The fraction of sp³-hybridized carbons (Fsp3) is 0.429. The van der Waals surface area contributed by atoms with Gasteiger partial charge in [0.2, 0.25) is 5.91 Å². The Morgan fingerprint density at radius 1 is 1.30 bits per heavy atom. The molecule has 1 aliphatic heterocycles. The van der Waals surface area contributed by atoms with Gasteiger partial charge < -0.3 is 21.1 Å². The number of nitrogen functional groups attached to an aromatic ring is 1. The molecule has 20 heavy (non-hydrogen) atoms. The number of nitrogens with two attached hydrogens (primary N) is 2. The van der Waals surface area contributed by atoms with Crippen molar-refractivity contribution in [3.8, 4) is 5.75 Å². The first kappa shape index (κ1) is 14.2. The molecule has 1 aromatic rings. The number of amides is 2. The van der Waals surface area contributed by atoms with Crippen LogP contribution in [0.15, 0.2) is 18.2 Å². The molecule has 6 nitrogen and oxygen atoms in total. The minimum Gasteiger partial charge on any atom is -0.495 e. The van der Waals surface area contributed by atoms with Crippen LogP contribution in [-0.4, -0.2) is 36.9 Å². The van der Waals surface area contributed by atoms with Gasteiger partial charge in [0.05, 0.1) is 12.8 Å². The van der Waals surface area contributed by atoms with E-state index >= 15 is 0 Å². The Bertz CT molecular complexity index is 522. The van der Waals surface area contributed by atoms with Gasteiger partial charge in [-0.25, -0.2) is 0 Å². The molecule has 1 aromatic carbocycles. The number of carbonyl (C=O) groups excluding carboxylic acids is 2. The summed E-state index contributed by atoms with van der Waals surface area (Å²) in [5.41, 5.74) is 12.0. The third-order valence-corrected chi connectivity index (χ3v) is 3.66. The molecule has 4 N–H and O–H groups in total. The monoisotopic (exact) mass is 277 g/mol. The van der Waals surface area contributed by atoms with Crippen LogP contribution in [-0.2, 0) is 4.79 Å². The van der Waals surface area contributed by atoms with Crippen molar-refractivity contribution in [2.24, 2.45) is 11.7 Å². The van der Waals surface area contributed by atoms with Crippen LogP contribution in [0, 0.1) is 5.92 Å². The van der Waals surface area contributed by atoms with Gasteiger partial charge in [-0.3, -0.25) is 9.59 Å². The van der Waals surface area contributed by atoms with Crippen LogP contribution >= 0.6 is 0 Å². The molecule has 1 aliphatic rings. The smallest absolute Gasteiger partial charge is 0.253 e. The number of methoxy groups -OCH3 is 1. The highest BCUT2D eigenvalue weighted by Gasteiger charge is 2.26. The number of anilines is 1. The lowest BCUT2D eigenvalue weighted by Crippen LogP contribution is -2.41. The van der Waals surface area contributed by atoms with Crippen molar-refractivity contribution < 1.29 is 14.3 Å². The van der Waals surface area contributed by atoms with Crippen molar-refractivity contribution in [2.45, 2.75) is 12.8 Å². The Morgan fingerprint density at radius 2 is 1.95 bits per heavy atom. The standard InChI is InChI=1S/C14H19N3O3/c1-20-12-8-10(2-3-11(12)15)14(19)17-6-4-9(5-7-17)13(16)18/h2-3,8-9H,4-7,15H2,1H3,(H2,16,18). The summed E-state index contributed by atoms with van der Waals surface area (Å²) >= 11 is 0. The SMILES string of the molecule is COc1cc(C(=O)N2CCC(C(N)=O)CC2)ccc1N. The lowest BCUT2D eigenvalue weighted by molar-refractivity contribution is -0.123. The molecule has 1 saturated heterocycles. The largest absolute Gasteiger partial charge is 0.495 e. The van der Waals surface area contributed by atoms with Crippen molar-refractivity contribution >= 4 is 17.5 Å². The number of ether oxygens (including phenoxy) is 1. The first-order valence-corrected chi connectivity index (χ1v) is 6.55. The van der Waals surface area contributed by atoms with Gasteiger partial charge in [0.15, 0.2) is 0 Å². The number of hydrogen-bond donors (Lipinski definition) is 2. The van der Waals surface area contributed by atoms with Gasteiger partial charge in [-0.2, -0.15) is 0 Å². The zero-order valence-corrected chi connectivity index (χ0v) is 11.5. The minimum atomic E-state index is -0.286. The number of nitrogens with zero attached hydrogens (tertiary/aromatic N) is 1. The molecule has 0 saturated carbocycles. The number of piperidine rings is 1. The normalized spacial score (nSPS) is 15.9. The average molecular weight is 277 g/mol. The van der Waals surface area contributed by atoms with Crippen molar-refractivity contribution in [3.63, 3.8) is 0 Å². The number of hydrogen-bond acceptors (Lipinski definition) is 4. The van der Waals surface area contributed by atoms with Crippen LogP contribution in [0.2, 0.25) is 0 Å². The van der Waals surface area contributed by atoms with E-state index in [1.807, 2.05) is 0 Å². The molecule has 0 bridgehead atoms. The van der Waals surface area contributed by atoms with E-state index in [1.165, 1.54) is 7.11 Å². The molecule has 0 aliphatic carbocycles. The Labute approximate surface area is 117 Å². The van der Waals surface area contributed by atoms with E-state index in [0.717, 1.165) is 0 Å². The van der Waals surface area contributed by atoms with Gasteiger partial charge >= 0.3 is 0 Å². The zero-order chi connectivity index (χ0) is 14.7. The molecule has 2 rings (SSSR count). The second-order valence-corrected chi connectivity index (χ2v) is 4.93. The van der Waals surface area contributed by atoms with E-state index in [-0.39, 0.29) is 17.7 Å². The van der Waals surface area contributed by atoms with Gasteiger partial charge in [-0.15, -0.1) is 0 Å². The summed E-state index contributed by atoms with van der Waals surface area (Å²) in [7, 11) is 1.51. The second kappa shape index (κ2) is 5.81. The van der Waals surface area contributed by atoms with E-state index in [1.54, 1.807) is 23.1 Å². The third-order valence-electron chi connectivity index (χ3n) is 3.66. The number of carbonyl (C=O) groups is 2. The summed E-state index contributed by atoms with van der Waals surface area (Å²) in [5.74, 6) is 0.000323. The van der Waals surface area contributed by atoms with Crippen molar-refractivity contribution in [1.82, 2.24) is 4.90 Å². The topological polar surface area (TPSA) is 98.6 Å². The molecule has 0 atom stereocenters. The Hall–Kier alpha value is -2.24. The molecule has 1 fully saturated rings. The lowest BCUT2D eigenvalue weighted by atomic mass is 9.96. The number of rotatable bonds is 3. The minimum absolute atomic E-state index is 0.0776. The molecular weight excluding hydrogens is 258 g/mol. The quantitative estimate of drug-likeness (QED) is 0.791. The van der Waals surface area contributed by atoms with Crippen molar-refractivity contribution in [3.05, 3.63) is 23.8 Å². The maximum atomic E-state index is 12.4. The van der Waals surface area contributed by atoms with Gasteiger partial charge in [0, 0.05) is 24.6 Å². The molecule has 0 aromatic heterocycles. The molecule has 2 amide bonds. The molecular formula is C14H19N3O3. The zero-order valence-electron chi connectivity index (χ0n) is 11.5. The van der Waals surface area contributed by atoms with Gasteiger partial charge in [0.25, 0.3) is 5.91 Å². The predicted octanol–water partition coefficient (Wildman–Crippen LogP) is 0.615. The van der Waals surface area contributed by atoms with Gasteiger partial charge in [-0.1, -0.05) is 0 Å². The summed E-state index contributed by atoms with van der Waals surface area (Å²) in [6.45, 7) is 1.08. The number of primary amides is 1. The van der Waals surface area contributed by atoms with Gasteiger partial charge in [0.1, 0.15) is 5.75 Å². The van der Waals surface area contributed by atoms with Crippen LogP contribution < -0.4 is 16.2 Å². The molecule has 1 heterocycles. The fourth-order valence-electron chi connectivity index (χ4n) is 2.39. The maximum absolute atomic E-state index is 12.4. The highest BCUT2D eigenvalue weighted by Crippen LogP contribution is 2.24. The van der Waals surface area contributed by atoms with Crippen LogP contribution in [0.25, 0.3) is 0 Å². The molecule has 6 heteroatoms. The van der Waals surface area contributed by atoms with E-state index in [4.69, 9.17) is 16.2 Å². The van der Waals surface area contributed by atoms with E-state index in [0.29, 0.717) is 42.9 Å². The summed E-state index contributed by atoms with van der Waals surface area (Å²) in [6.07, 6.45) is 1.24. The van der Waals surface area contributed by atoms with Crippen LogP contribution in [0.3, 0.4) is 0 Å². The van der Waals surface area contributed by atoms with E-state index in [9.17, 15) is 9.59 Å². The molecule has 0 unspecified atom stereocenters.